The third-order valence-corrected chi connectivity index (χ3v) is 4.63. The summed E-state index contributed by atoms with van der Waals surface area (Å²) in [4.78, 5) is 29.0. The molecule has 0 heterocycles. The van der Waals surface area contributed by atoms with E-state index in [-0.39, 0.29) is 30.1 Å². The Kier molecular flexibility index (Phi) is 8.30. The summed E-state index contributed by atoms with van der Waals surface area (Å²) in [6, 6.07) is 4.64. The van der Waals surface area contributed by atoms with E-state index in [1.54, 1.807) is 25.3 Å². The predicted molar refractivity (Wildman–Crippen MR) is 112 cm³/mol. The Balaban J connectivity index is 1.96. The van der Waals surface area contributed by atoms with Crippen LogP contribution < -0.4 is 25.8 Å². The highest BCUT2D eigenvalue weighted by molar-refractivity contribution is 5.98. The summed E-state index contributed by atoms with van der Waals surface area (Å²) in [6.45, 7) is 4.71. The number of rotatable bonds is 10. The van der Waals surface area contributed by atoms with Crippen molar-refractivity contribution in [3.8, 4) is 11.5 Å². The highest BCUT2D eigenvalue weighted by atomic mass is 16.5. The van der Waals surface area contributed by atoms with E-state index < -0.39 is 6.04 Å². The summed E-state index contributed by atoms with van der Waals surface area (Å²) >= 11 is 0. The van der Waals surface area contributed by atoms with E-state index >= 15 is 0 Å². The fourth-order valence-electron chi connectivity index (χ4n) is 2.91. The topological polar surface area (TPSA) is 115 Å². The van der Waals surface area contributed by atoms with Crippen molar-refractivity contribution >= 4 is 17.8 Å². The Bertz CT molecular complexity index is 744. The van der Waals surface area contributed by atoms with Crippen LogP contribution in [-0.4, -0.2) is 44.6 Å². The third-order valence-electron chi connectivity index (χ3n) is 4.63. The summed E-state index contributed by atoms with van der Waals surface area (Å²) in [5, 5.41) is 5.50. The van der Waals surface area contributed by atoms with Crippen LogP contribution in [0.4, 0.5) is 0 Å². The average molecular weight is 405 g/mol. The van der Waals surface area contributed by atoms with E-state index in [1.165, 1.54) is 7.11 Å². The van der Waals surface area contributed by atoms with Gasteiger partial charge in [-0.25, -0.2) is 4.99 Å². The van der Waals surface area contributed by atoms with Crippen LogP contribution in [0.2, 0.25) is 0 Å². The molecule has 4 N–H and O–H groups in total. The third kappa shape index (κ3) is 7.63. The molecule has 0 radical (unpaired) electrons. The zero-order chi connectivity index (χ0) is 21.4. The molecule has 0 aliphatic heterocycles. The van der Waals surface area contributed by atoms with Gasteiger partial charge in [0.15, 0.2) is 17.5 Å². The van der Waals surface area contributed by atoms with Gasteiger partial charge < -0.3 is 20.5 Å². The second-order valence-corrected chi connectivity index (χ2v) is 7.76. The molecule has 2 rings (SSSR count). The van der Waals surface area contributed by atoms with Gasteiger partial charge in [0.05, 0.1) is 20.6 Å². The molecule has 29 heavy (non-hydrogen) atoms. The number of carbonyl (C=O) groups excluding carboxylic acids is 2. The number of ether oxygens (including phenoxy) is 2. The van der Waals surface area contributed by atoms with Gasteiger partial charge >= 0.3 is 0 Å². The molecule has 0 spiro atoms. The van der Waals surface area contributed by atoms with E-state index in [9.17, 15) is 9.59 Å². The number of nitrogens with zero attached hydrogens (tertiary/aromatic N) is 1. The molecule has 1 aromatic carbocycles. The van der Waals surface area contributed by atoms with Gasteiger partial charge in [0, 0.05) is 6.54 Å². The van der Waals surface area contributed by atoms with Crippen molar-refractivity contribution in [1.29, 1.82) is 0 Å². The van der Waals surface area contributed by atoms with E-state index in [2.05, 4.69) is 15.6 Å². The molecule has 1 atom stereocenters. The zero-order valence-corrected chi connectivity index (χ0v) is 17.7. The lowest BCUT2D eigenvalue weighted by Gasteiger charge is -2.16. The Hall–Kier alpha value is -2.77. The molecule has 0 aromatic heterocycles. The van der Waals surface area contributed by atoms with Crippen LogP contribution in [-0.2, 0) is 16.0 Å². The van der Waals surface area contributed by atoms with E-state index in [1.807, 2.05) is 13.8 Å². The first-order valence-corrected chi connectivity index (χ1v) is 9.94. The molecule has 2 amide bonds. The molecule has 160 valence electrons. The lowest BCUT2D eigenvalue weighted by molar-refractivity contribution is -0.123. The monoisotopic (exact) mass is 404 g/mol. The number of hydrogen-bond acceptors (Lipinski definition) is 5. The maximum absolute atomic E-state index is 12.4. The lowest BCUT2D eigenvalue weighted by atomic mass is 10.0. The molecule has 0 saturated heterocycles. The Morgan fingerprint density at radius 3 is 2.48 bits per heavy atom. The number of nitrogens with two attached hydrogens (primary N) is 1. The molecular weight excluding hydrogens is 372 g/mol. The van der Waals surface area contributed by atoms with Gasteiger partial charge in [-0.1, -0.05) is 19.9 Å². The summed E-state index contributed by atoms with van der Waals surface area (Å²) in [5.41, 5.74) is 6.65. The largest absolute Gasteiger partial charge is 0.493 e. The molecule has 8 nitrogen and oxygen atoms in total. The van der Waals surface area contributed by atoms with Crippen LogP contribution in [0.1, 0.15) is 38.7 Å². The molecule has 1 aliphatic carbocycles. The smallest absolute Gasteiger partial charge is 0.244 e. The number of guanidine groups is 1. The minimum absolute atomic E-state index is 0.0531. The number of methoxy groups -OCH3 is 2. The Morgan fingerprint density at radius 2 is 1.90 bits per heavy atom. The molecule has 1 aromatic rings. The van der Waals surface area contributed by atoms with Gasteiger partial charge in [-0.3, -0.25) is 14.9 Å². The normalized spacial score (nSPS) is 15.0. The van der Waals surface area contributed by atoms with Gasteiger partial charge in [0.1, 0.15) is 6.04 Å². The van der Waals surface area contributed by atoms with Crippen molar-refractivity contribution in [3.05, 3.63) is 23.8 Å². The van der Waals surface area contributed by atoms with Crippen LogP contribution in [0.25, 0.3) is 0 Å². The molecular formula is C21H32N4O4. The van der Waals surface area contributed by atoms with Crippen LogP contribution in [0.3, 0.4) is 0 Å². The number of benzene rings is 1. The molecule has 1 aliphatic rings. The molecule has 1 fully saturated rings. The van der Waals surface area contributed by atoms with Gasteiger partial charge in [0.2, 0.25) is 11.8 Å². The van der Waals surface area contributed by atoms with Crippen molar-refractivity contribution in [3.63, 3.8) is 0 Å². The first-order valence-electron chi connectivity index (χ1n) is 9.94. The minimum Gasteiger partial charge on any atom is -0.493 e. The number of aliphatic imine (C=N–C) groups is 1. The number of nitrogens with one attached hydrogen (secondary N) is 2. The summed E-state index contributed by atoms with van der Waals surface area (Å²) < 4.78 is 10.4. The molecule has 1 saturated carbocycles. The molecule has 8 heteroatoms. The highest BCUT2D eigenvalue weighted by Gasteiger charge is 2.25. The van der Waals surface area contributed by atoms with Crippen LogP contribution in [0.5, 0.6) is 11.5 Å². The van der Waals surface area contributed by atoms with Gasteiger partial charge in [0.25, 0.3) is 0 Å². The first-order chi connectivity index (χ1) is 13.8. The zero-order valence-electron chi connectivity index (χ0n) is 17.7. The van der Waals surface area contributed by atoms with E-state index in [0.29, 0.717) is 30.4 Å². The maximum Gasteiger partial charge on any atom is 0.244 e. The summed E-state index contributed by atoms with van der Waals surface area (Å²) in [6.07, 6.45) is 2.97. The van der Waals surface area contributed by atoms with Crippen molar-refractivity contribution in [2.24, 2.45) is 22.6 Å². The minimum atomic E-state index is -0.616. The van der Waals surface area contributed by atoms with E-state index in [4.69, 9.17) is 15.2 Å². The van der Waals surface area contributed by atoms with E-state index in [0.717, 1.165) is 18.4 Å². The second kappa shape index (κ2) is 10.7. The van der Waals surface area contributed by atoms with Crippen molar-refractivity contribution in [2.75, 3.05) is 20.8 Å². The Labute approximate surface area is 172 Å². The average Bonchev–Trinajstić information content (AvgIpc) is 3.49. The standard InChI is InChI=1S/C21H32N4O4/c1-13(2)9-16(20(27)23-12-14-5-6-14)24-21(22)25-19(26)11-15-7-8-17(28-3)18(10-15)29-4/h7-8,10,13-14,16H,5-6,9,11-12H2,1-4H3,(H,23,27)(H3,22,24,25,26). The fraction of sp³-hybridized carbons (Fsp3) is 0.571. The van der Waals surface area contributed by atoms with Gasteiger partial charge in [-0.15, -0.1) is 0 Å². The van der Waals surface area contributed by atoms with Gasteiger partial charge in [-0.05, 0) is 48.8 Å². The molecule has 1 unspecified atom stereocenters. The van der Waals surface area contributed by atoms with Crippen LogP contribution in [0.15, 0.2) is 23.2 Å². The predicted octanol–water partition coefficient (Wildman–Crippen LogP) is 1.62. The highest BCUT2D eigenvalue weighted by Crippen LogP contribution is 2.28. The first kappa shape index (κ1) is 22.5. The van der Waals surface area contributed by atoms with Crippen LogP contribution in [0, 0.1) is 11.8 Å². The lowest BCUT2D eigenvalue weighted by Crippen LogP contribution is -2.42. The fourth-order valence-corrected chi connectivity index (χ4v) is 2.91. The van der Waals surface area contributed by atoms with Crippen LogP contribution >= 0.6 is 0 Å². The molecule has 0 bridgehead atoms. The summed E-state index contributed by atoms with van der Waals surface area (Å²) in [5.74, 6) is 1.47. The van der Waals surface area contributed by atoms with Gasteiger partial charge in [-0.2, -0.15) is 0 Å². The van der Waals surface area contributed by atoms with Crippen molar-refractivity contribution in [1.82, 2.24) is 10.6 Å². The maximum atomic E-state index is 12.4. The Morgan fingerprint density at radius 1 is 1.21 bits per heavy atom. The van der Waals surface area contributed by atoms with Crippen molar-refractivity contribution in [2.45, 2.75) is 45.6 Å². The number of hydrogen-bond donors (Lipinski definition) is 3. The SMILES string of the molecule is COc1ccc(CC(=O)NC(N)=NC(CC(C)C)C(=O)NCC2CC2)cc1OC. The summed E-state index contributed by atoms with van der Waals surface area (Å²) in [7, 11) is 3.09. The van der Waals surface area contributed by atoms with Crippen molar-refractivity contribution < 1.29 is 19.1 Å². The quantitative estimate of drug-likeness (QED) is 0.405. The number of amides is 2. The number of carbonyl (C=O) groups is 2. The second-order valence-electron chi connectivity index (χ2n) is 7.76.